The number of rotatable bonds is 5. The number of hydrogen-bond acceptors (Lipinski definition) is 3. The Hall–Kier alpha value is -1.85. The second-order valence-electron chi connectivity index (χ2n) is 7.55. The highest BCUT2D eigenvalue weighted by atomic mass is 35.5. The quantitative estimate of drug-likeness (QED) is 0.738. The molecule has 1 aromatic carbocycles. The molecule has 2 aromatic rings. The molecule has 27 heavy (non-hydrogen) atoms. The SMILES string of the molecule is CC(CO)n1ccc2c(NC(=O)CC3CCCCCC3)c(Cl)ccc2c1=O. The van der Waals surface area contributed by atoms with E-state index in [0.717, 1.165) is 12.8 Å². The molecule has 6 heteroatoms. The molecule has 1 aliphatic carbocycles. The van der Waals surface area contributed by atoms with Crippen molar-refractivity contribution >= 4 is 34.0 Å². The highest BCUT2D eigenvalue weighted by molar-refractivity contribution is 6.35. The van der Waals surface area contributed by atoms with Gasteiger partial charge in [-0.2, -0.15) is 0 Å². The summed E-state index contributed by atoms with van der Waals surface area (Å²) in [6.07, 6.45) is 9.22. The van der Waals surface area contributed by atoms with Gasteiger partial charge in [-0.25, -0.2) is 0 Å². The topological polar surface area (TPSA) is 71.3 Å². The summed E-state index contributed by atoms with van der Waals surface area (Å²) in [7, 11) is 0. The number of nitrogens with zero attached hydrogens (tertiary/aromatic N) is 1. The molecule has 1 fully saturated rings. The number of hydrogen-bond donors (Lipinski definition) is 2. The van der Waals surface area contributed by atoms with Crippen molar-refractivity contribution in [2.45, 2.75) is 57.9 Å². The lowest BCUT2D eigenvalue weighted by Gasteiger charge is -2.17. The van der Waals surface area contributed by atoms with Crippen LogP contribution in [-0.2, 0) is 4.79 Å². The van der Waals surface area contributed by atoms with Gasteiger partial charge in [0, 0.05) is 23.4 Å². The molecule has 1 saturated carbocycles. The summed E-state index contributed by atoms with van der Waals surface area (Å²) in [6, 6.07) is 4.77. The van der Waals surface area contributed by atoms with Crippen LogP contribution in [0.4, 0.5) is 5.69 Å². The maximum Gasteiger partial charge on any atom is 0.258 e. The summed E-state index contributed by atoms with van der Waals surface area (Å²) in [5.74, 6) is 0.369. The Labute approximate surface area is 164 Å². The molecule has 0 saturated heterocycles. The lowest BCUT2D eigenvalue weighted by molar-refractivity contribution is -0.117. The van der Waals surface area contributed by atoms with Crippen LogP contribution in [0.5, 0.6) is 0 Å². The van der Waals surface area contributed by atoms with E-state index in [-0.39, 0.29) is 24.1 Å². The van der Waals surface area contributed by atoms with E-state index in [9.17, 15) is 14.7 Å². The minimum Gasteiger partial charge on any atom is -0.394 e. The molecule has 1 aliphatic rings. The Morgan fingerprint density at radius 2 is 1.93 bits per heavy atom. The molecular formula is C21H27ClN2O3. The van der Waals surface area contributed by atoms with E-state index in [4.69, 9.17) is 11.6 Å². The smallest absolute Gasteiger partial charge is 0.258 e. The molecule has 146 valence electrons. The molecular weight excluding hydrogens is 364 g/mol. The summed E-state index contributed by atoms with van der Waals surface area (Å²) < 4.78 is 1.49. The van der Waals surface area contributed by atoms with Gasteiger partial charge in [-0.1, -0.05) is 37.3 Å². The lowest BCUT2D eigenvalue weighted by atomic mass is 9.96. The maximum absolute atomic E-state index is 12.7. The number of carbonyl (C=O) groups excluding carboxylic acids is 1. The van der Waals surface area contributed by atoms with E-state index in [1.54, 1.807) is 31.3 Å². The largest absolute Gasteiger partial charge is 0.394 e. The Balaban J connectivity index is 1.87. The van der Waals surface area contributed by atoms with Crippen LogP contribution in [0.15, 0.2) is 29.2 Å². The van der Waals surface area contributed by atoms with E-state index in [1.807, 2.05) is 0 Å². The van der Waals surface area contributed by atoms with Crippen LogP contribution in [0.1, 0.15) is 57.9 Å². The van der Waals surface area contributed by atoms with E-state index in [2.05, 4.69) is 5.32 Å². The van der Waals surface area contributed by atoms with Crippen LogP contribution in [0.2, 0.25) is 5.02 Å². The summed E-state index contributed by atoms with van der Waals surface area (Å²) in [5.41, 5.74) is 0.290. The number of halogens is 1. The average Bonchev–Trinajstić information content (AvgIpc) is 2.92. The zero-order valence-electron chi connectivity index (χ0n) is 15.7. The highest BCUT2D eigenvalue weighted by Gasteiger charge is 2.19. The van der Waals surface area contributed by atoms with Gasteiger partial charge in [-0.3, -0.25) is 9.59 Å². The Bertz CT molecular complexity index is 870. The molecule has 2 N–H and O–H groups in total. The molecule has 1 heterocycles. The van der Waals surface area contributed by atoms with Crippen molar-refractivity contribution in [1.82, 2.24) is 4.57 Å². The highest BCUT2D eigenvalue weighted by Crippen LogP contribution is 2.31. The van der Waals surface area contributed by atoms with Gasteiger partial charge >= 0.3 is 0 Å². The van der Waals surface area contributed by atoms with Crippen LogP contribution in [0.25, 0.3) is 10.8 Å². The summed E-state index contributed by atoms with van der Waals surface area (Å²) in [4.78, 5) is 25.3. The second kappa shape index (κ2) is 8.89. The fraction of sp³-hybridized carbons (Fsp3) is 0.524. The van der Waals surface area contributed by atoms with Crippen molar-refractivity contribution in [2.75, 3.05) is 11.9 Å². The number of benzene rings is 1. The van der Waals surface area contributed by atoms with E-state index in [1.165, 1.54) is 30.3 Å². The molecule has 0 aliphatic heterocycles. The number of aromatic nitrogens is 1. The van der Waals surface area contributed by atoms with Crippen molar-refractivity contribution < 1.29 is 9.90 Å². The number of pyridine rings is 1. The Kier molecular flexibility index (Phi) is 6.55. The summed E-state index contributed by atoms with van der Waals surface area (Å²) >= 11 is 6.33. The number of anilines is 1. The number of aliphatic hydroxyl groups is 1. The Morgan fingerprint density at radius 3 is 2.59 bits per heavy atom. The first-order valence-corrected chi connectivity index (χ1v) is 10.1. The zero-order valence-corrected chi connectivity index (χ0v) is 16.5. The first kappa shape index (κ1) is 19.9. The summed E-state index contributed by atoms with van der Waals surface area (Å²) in [5, 5.41) is 13.8. The molecule has 1 amide bonds. The van der Waals surface area contributed by atoms with Gasteiger partial charge in [0.2, 0.25) is 5.91 Å². The molecule has 0 radical (unpaired) electrons. The monoisotopic (exact) mass is 390 g/mol. The molecule has 5 nitrogen and oxygen atoms in total. The molecule has 3 rings (SSSR count). The van der Waals surface area contributed by atoms with Crippen LogP contribution in [0.3, 0.4) is 0 Å². The maximum atomic E-state index is 12.7. The predicted octanol–water partition coefficient (Wildman–Crippen LogP) is 4.51. The average molecular weight is 391 g/mol. The van der Waals surface area contributed by atoms with Crippen LogP contribution >= 0.6 is 11.6 Å². The van der Waals surface area contributed by atoms with Crippen LogP contribution in [-0.4, -0.2) is 22.2 Å². The molecule has 0 spiro atoms. The third-order valence-electron chi connectivity index (χ3n) is 5.51. The van der Waals surface area contributed by atoms with Crippen molar-refractivity contribution in [1.29, 1.82) is 0 Å². The third-order valence-corrected chi connectivity index (χ3v) is 5.83. The van der Waals surface area contributed by atoms with Gasteiger partial charge < -0.3 is 15.0 Å². The van der Waals surface area contributed by atoms with Crippen molar-refractivity contribution in [3.8, 4) is 0 Å². The fourth-order valence-corrected chi connectivity index (χ4v) is 4.11. The molecule has 1 atom stereocenters. The first-order valence-electron chi connectivity index (χ1n) is 9.75. The van der Waals surface area contributed by atoms with E-state index < -0.39 is 0 Å². The van der Waals surface area contributed by atoms with Crippen LogP contribution in [0, 0.1) is 5.92 Å². The van der Waals surface area contributed by atoms with Crippen molar-refractivity contribution in [3.63, 3.8) is 0 Å². The normalized spacial score (nSPS) is 16.9. The van der Waals surface area contributed by atoms with Gasteiger partial charge in [0.1, 0.15) is 0 Å². The van der Waals surface area contributed by atoms with Gasteiger partial charge in [0.05, 0.1) is 23.4 Å². The number of carbonyl (C=O) groups is 1. The minimum absolute atomic E-state index is 0.0517. The molecule has 1 aromatic heterocycles. The van der Waals surface area contributed by atoms with E-state index >= 15 is 0 Å². The third kappa shape index (κ3) is 4.53. The summed E-state index contributed by atoms with van der Waals surface area (Å²) in [6.45, 7) is 1.66. The molecule has 0 bridgehead atoms. The van der Waals surface area contributed by atoms with Crippen molar-refractivity contribution in [3.05, 3.63) is 39.8 Å². The number of aliphatic hydroxyl groups excluding tert-OH is 1. The zero-order chi connectivity index (χ0) is 19.4. The number of fused-ring (bicyclic) bond motifs is 1. The van der Waals surface area contributed by atoms with Gasteiger partial charge in [0.15, 0.2) is 0 Å². The minimum atomic E-state index is -0.314. The predicted molar refractivity (Wildman–Crippen MR) is 109 cm³/mol. The fourth-order valence-electron chi connectivity index (χ4n) is 3.90. The second-order valence-corrected chi connectivity index (χ2v) is 7.96. The number of amides is 1. The number of nitrogens with one attached hydrogen (secondary N) is 1. The van der Waals surface area contributed by atoms with Gasteiger partial charge in [0.25, 0.3) is 5.56 Å². The van der Waals surface area contributed by atoms with Gasteiger partial charge in [-0.05, 0) is 43.9 Å². The molecule has 1 unspecified atom stereocenters. The van der Waals surface area contributed by atoms with Crippen LogP contribution < -0.4 is 10.9 Å². The first-order chi connectivity index (χ1) is 13.0. The Morgan fingerprint density at radius 1 is 1.22 bits per heavy atom. The standard InChI is InChI=1S/C21H27ClN2O3/c1-14(13-25)24-11-10-16-17(21(24)27)8-9-18(22)20(16)23-19(26)12-15-6-4-2-3-5-7-15/h8-11,14-15,25H,2-7,12-13H2,1H3,(H,23,26). The van der Waals surface area contributed by atoms with Crippen molar-refractivity contribution in [2.24, 2.45) is 5.92 Å². The van der Waals surface area contributed by atoms with E-state index in [0.29, 0.717) is 33.8 Å². The lowest BCUT2D eigenvalue weighted by Crippen LogP contribution is -2.25. The van der Waals surface area contributed by atoms with Gasteiger partial charge in [-0.15, -0.1) is 0 Å².